The molecule has 0 aliphatic carbocycles. The molecule has 0 fully saturated rings. The average Bonchev–Trinajstić information content (AvgIpc) is 3.16. The van der Waals surface area contributed by atoms with Gasteiger partial charge in [0.1, 0.15) is 17.3 Å². The topological polar surface area (TPSA) is 198 Å². The van der Waals surface area contributed by atoms with E-state index in [1.54, 1.807) is 12.1 Å². The lowest BCUT2D eigenvalue weighted by Crippen LogP contribution is -2.39. The minimum Gasteiger partial charge on any atom is -0.508 e. The molecule has 0 spiro atoms. The monoisotopic (exact) mass is 738 g/mol. The molecule has 1 atom stereocenters. The highest BCUT2D eigenvalue weighted by atomic mass is 79.9. The number of hydrogen-bond donors (Lipinski definition) is 7. The SMILES string of the molecule is O=C(O)C(F)(F)F.O=C(O)C[C@@H](NC(=O)CNC(=O)c1cc(O)cc(NC2=NCCCCC2)c1)c1cc(Br)cc(Br)c1O. The summed E-state index contributed by atoms with van der Waals surface area (Å²) in [6.45, 7) is 0.275. The Balaban J connectivity index is 0.000000821. The highest BCUT2D eigenvalue weighted by Crippen LogP contribution is 2.36. The van der Waals surface area contributed by atoms with Gasteiger partial charge < -0.3 is 36.4 Å². The van der Waals surface area contributed by atoms with E-state index in [-0.39, 0.29) is 22.6 Å². The first-order chi connectivity index (χ1) is 20.1. The number of nitrogens with zero attached hydrogens (tertiary/aromatic N) is 1. The number of halogens is 5. The maximum Gasteiger partial charge on any atom is 0.490 e. The van der Waals surface area contributed by atoms with Crippen molar-refractivity contribution >= 4 is 67.1 Å². The number of aromatic hydroxyl groups is 2. The fourth-order valence-electron chi connectivity index (χ4n) is 3.73. The Kier molecular flexibility index (Phi) is 13.2. The normalized spacial score (nSPS) is 13.7. The largest absolute Gasteiger partial charge is 0.508 e. The van der Waals surface area contributed by atoms with Crippen molar-refractivity contribution in [2.75, 3.05) is 18.4 Å². The van der Waals surface area contributed by atoms with Gasteiger partial charge in [-0.1, -0.05) is 22.4 Å². The summed E-state index contributed by atoms with van der Waals surface area (Å²) in [5.41, 5.74) is 0.834. The third-order valence-corrected chi connectivity index (χ3v) is 6.70. The smallest absolute Gasteiger partial charge is 0.490 e. The molecule has 0 saturated carbocycles. The number of carbonyl (C=O) groups is 4. The minimum absolute atomic E-state index is 0.124. The third kappa shape index (κ3) is 12.1. The fraction of sp³-hybridized carbons (Fsp3) is 0.346. The van der Waals surface area contributed by atoms with Crippen molar-refractivity contribution in [3.8, 4) is 11.5 Å². The van der Waals surface area contributed by atoms with Crippen molar-refractivity contribution in [3.05, 3.63) is 50.4 Å². The number of anilines is 1. The van der Waals surface area contributed by atoms with E-state index in [2.05, 4.69) is 52.8 Å². The summed E-state index contributed by atoms with van der Waals surface area (Å²) in [6, 6.07) is 6.35. The second kappa shape index (κ2) is 16.1. The molecule has 2 aromatic rings. The molecule has 12 nitrogen and oxygen atoms in total. The zero-order chi connectivity index (χ0) is 32.3. The molecule has 0 saturated heterocycles. The Bertz CT molecular complexity index is 1390. The van der Waals surface area contributed by atoms with Crippen LogP contribution in [0, 0.1) is 0 Å². The molecule has 43 heavy (non-hydrogen) atoms. The van der Waals surface area contributed by atoms with Crippen LogP contribution in [0.1, 0.15) is 54.1 Å². The predicted octanol–water partition coefficient (Wildman–Crippen LogP) is 4.70. The summed E-state index contributed by atoms with van der Waals surface area (Å²) in [4.78, 5) is 50.0. The Morgan fingerprint density at radius 1 is 0.977 bits per heavy atom. The van der Waals surface area contributed by atoms with Crippen LogP contribution in [0.5, 0.6) is 11.5 Å². The number of benzene rings is 2. The lowest BCUT2D eigenvalue weighted by Gasteiger charge is -2.20. The van der Waals surface area contributed by atoms with E-state index in [4.69, 9.17) is 9.90 Å². The van der Waals surface area contributed by atoms with Crippen LogP contribution in [0.25, 0.3) is 0 Å². The van der Waals surface area contributed by atoms with Crippen molar-refractivity contribution in [2.24, 2.45) is 4.99 Å². The van der Waals surface area contributed by atoms with Gasteiger partial charge in [-0.05, 0) is 53.0 Å². The molecule has 2 aromatic carbocycles. The standard InChI is InChI=1S/C24H26Br2N4O6.C2HF3O2/c25-14-8-17(23(35)18(26)9-14)19(11-22(33)34)30-21(32)12-28-24(36)13-6-15(10-16(31)7-13)29-20-4-2-1-3-5-27-20;3-2(4,5)1(6)7/h6-10,19,31,35H,1-5,11-12H2,(H,27,29)(H,28,36)(H,30,32)(H,33,34);(H,6,7)/t19-;/m1./s1. The third-order valence-electron chi connectivity index (χ3n) is 5.64. The second-order valence-electron chi connectivity index (χ2n) is 9.06. The van der Waals surface area contributed by atoms with E-state index in [1.807, 2.05) is 0 Å². The molecule has 0 unspecified atom stereocenters. The van der Waals surface area contributed by atoms with E-state index in [1.165, 1.54) is 18.2 Å². The molecule has 17 heteroatoms. The summed E-state index contributed by atoms with van der Waals surface area (Å²) < 4.78 is 32.6. The molecule has 234 valence electrons. The zero-order valence-electron chi connectivity index (χ0n) is 22.2. The van der Waals surface area contributed by atoms with Crippen LogP contribution in [0.15, 0.2) is 44.3 Å². The zero-order valence-corrected chi connectivity index (χ0v) is 25.3. The molecule has 1 heterocycles. The van der Waals surface area contributed by atoms with E-state index >= 15 is 0 Å². The van der Waals surface area contributed by atoms with Crippen LogP contribution in [0.3, 0.4) is 0 Å². The van der Waals surface area contributed by atoms with Gasteiger partial charge in [0.05, 0.1) is 23.5 Å². The first kappa shape index (κ1) is 35.3. The number of aliphatic carboxylic acids is 2. The van der Waals surface area contributed by atoms with Gasteiger partial charge in [-0.25, -0.2) is 4.79 Å². The van der Waals surface area contributed by atoms with Crippen LogP contribution < -0.4 is 16.0 Å². The number of phenols is 2. The number of amidine groups is 1. The van der Waals surface area contributed by atoms with Gasteiger partial charge >= 0.3 is 18.1 Å². The lowest BCUT2D eigenvalue weighted by molar-refractivity contribution is -0.192. The van der Waals surface area contributed by atoms with Crippen molar-refractivity contribution in [3.63, 3.8) is 0 Å². The van der Waals surface area contributed by atoms with E-state index in [0.717, 1.165) is 38.1 Å². The summed E-state index contributed by atoms with van der Waals surface area (Å²) >= 11 is 6.47. The van der Waals surface area contributed by atoms with Crippen LogP contribution in [-0.4, -0.2) is 69.3 Å². The first-order valence-corrected chi connectivity index (χ1v) is 14.1. The molecule has 0 radical (unpaired) electrons. The van der Waals surface area contributed by atoms with Crippen molar-refractivity contribution in [1.29, 1.82) is 0 Å². The maximum absolute atomic E-state index is 12.7. The highest BCUT2D eigenvalue weighted by molar-refractivity contribution is 9.11. The molecule has 7 N–H and O–H groups in total. The number of carboxylic acids is 2. The Labute approximate surface area is 259 Å². The molecular weight excluding hydrogens is 713 g/mol. The number of phenolic OH excluding ortho intramolecular Hbond substituents is 2. The summed E-state index contributed by atoms with van der Waals surface area (Å²) in [5, 5.41) is 45.0. The first-order valence-electron chi connectivity index (χ1n) is 12.5. The molecule has 0 aromatic heterocycles. The van der Waals surface area contributed by atoms with E-state index in [9.17, 15) is 42.9 Å². The molecular formula is C26H27Br2F3N4O8. The number of hydrogen-bond acceptors (Lipinski definition) is 8. The number of aliphatic imine (C=N–C) groups is 1. The molecule has 3 rings (SSSR count). The fourth-order valence-corrected chi connectivity index (χ4v) is 4.99. The van der Waals surface area contributed by atoms with Gasteiger partial charge in [0.25, 0.3) is 5.91 Å². The number of carbonyl (C=O) groups excluding carboxylic acids is 2. The highest BCUT2D eigenvalue weighted by Gasteiger charge is 2.38. The van der Waals surface area contributed by atoms with Gasteiger partial charge in [0.2, 0.25) is 5.91 Å². The molecule has 2 amide bonds. The van der Waals surface area contributed by atoms with E-state index in [0.29, 0.717) is 14.6 Å². The molecule has 0 bridgehead atoms. The van der Waals surface area contributed by atoms with Gasteiger partial charge in [-0.2, -0.15) is 13.2 Å². The van der Waals surface area contributed by atoms with Gasteiger partial charge in [-0.15, -0.1) is 0 Å². The van der Waals surface area contributed by atoms with Gasteiger partial charge in [0, 0.05) is 40.3 Å². The van der Waals surface area contributed by atoms with Crippen molar-refractivity contribution in [2.45, 2.75) is 44.3 Å². The van der Waals surface area contributed by atoms with Crippen LogP contribution in [0.2, 0.25) is 0 Å². The second-order valence-corrected chi connectivity index (χ2v) is 10.8. The van der Waals surface area contributed by atoms with Crippen molar-refractivity contribution < 1.29 is 52.8 Å². The van der Waals surface area contributed by atoms with Crippen LogP contribution >= 0.6 is 31.9 Å². The number of nitrogens with one attached hydrogen (secondary N) is 3. The summed E-state index contributed by atoms with van der Waals surface area (Å²) in [5.74, 6) is -4.74. The number of amides is 2. The number of carboxylic acid groups (broad SMARTS) is 2. The van der Waals surface area contributed by atoms with Gasteiger partial charge in [-0.3, -0.25) is 19.4 Å². The minimum atomic E-state index is -5.08. The Morgan fingerprint density at radius 3 is 2.28 bits per heavy atom. The quantitative estimate of drug-likeness (QED) is 0.201. The number of rotatable bonds is 8. The number of alkyl halides is 3. The Hall–Kier alpha value is -3.86. The van der Waals surface area contributed by atoms with Gasteiger partial charge in [0.15, 0.2) is 0 Å². The average molecular weight is 740 g/mol. The van der Waals surface area contributed by atoms with Crippen LogP contribution in [-0.2, 0) is 14.4 Å². The summed E-state index contributed by atoms with van der Waals surface area (Å²) in [7, 11) is 0. The Morgan fingerprint density at radius 2 is 1.65 bits per heavy atom. The summed E-state index contributed by atoms with van der Waals surface area (Å²) in [6.07, 6.45) is -1.67. The maximum atomic E-state index is 12.7. The van der Waals surface area contributed by atoms with Crippen LogP contribution in [0.4, 0.5) is 18.9 Å². The molecule has 1 aliphatic rings. The van der Waals surface area contributed by atoms with E-state index < -0.39 is 48.9 Å². The molecule has 1 aliphatic heterocycles. The lowest BCUT2D eigenvalue weighted by atomic mass is 10.0. The predicted molar refractivity (Wildman–Crippen MR) is 155 cm³/mol. The van der Waals surface area contributed by atoms with Crippen molar-refractivity contribution in [1.82, 2.24) is 10.6 Å².